The molecule has 58 heavy (non-hydrogen) atoms. The summed E-state index contributed by atoms with van der Waals surface area (Å²) in [7, 11) is 1.97. The van der Waals surface area contributed by atoms with Crippen LogP contribution >= 0.6 is 0 Å². The maximum absolute atomic E-state index is 16.8. The summed E-state index contributed by atoms with van der Waals surface area (Å²) in [6.45, 7) is 0. The van der Waals surface area contributed by atoms with Crippen LogP contribution in [0.2, 0.25) is 0 Å². The van der Waals surface area contributed by atoms with Gasteiger partial charge in [-0.15, -0.1) is 41.5 Å². The van der Waals surface area contributed by atoms with Crippen LogP contribution in [0.25, 0.3) is 50.0 Å². The normalized spacial score (nSPS) is 13.4. The summed E-state index contributed by atoms with van der Waals surface area (Å²) >= 11 is 0. The molecule has 280 valence electrons. The number of aryl methyl sites for hydroxylation is 1. The van der Waals surface area contributed by atoms with E-state index in [-0.39, 0.29) is 20.4 Å². The number of ether oxygens (including phenoxy) is 1. The van der Waals surface area contributed by atoms with E-state index in [4.69, 9.17) is 14.7 Å². The van der Waals surface area contributed by atoms with Gasteiger partial charge in [0.1, 0.15) is 23.3 Å². The van der Waals surface area contributed by atoms with Crippen molar-refractivity contribution < 1.29 is 29.6 Å². The van der Waals surface area contributed by atoms with Crippen molar-refractivity contribution >= 4 is 33.0 Å². The topological polar surface area (TPSA) is 44.9 Å². The number of alkyl halides is 1. The third-order valence-electron chi connectivity index (χ3n) is 11.4. The molecule has 0 N–H and O–H groups in total. The van der Waals surface area contributed by atoms with Gasteiger partial charge in [0.05, 0.1) is 33.2 Å². The van der Waals surface area contributed by atoms with Crippen molar-refractivity contribution in [2.24, 2.45) is 7.05 Å². The molecule has 11 rings (SSSR count). The van der Waals surface area contributed by atoms with Gasteiger partial charge in [-0.2, -0.15) is 18.2 Å². The van der Waals surface area contributed by atoms with E-state index < -0.39 is 11.6 Å². The fourth-order valence-electron chi connectivity index (χ4n) is 8.87. The summed E-state index contributed by atoms with van der Waals surface area (Å²) in [6.07, 6.45) is 0.484. The van der Waals surface area contributed by atoms with E-state index >= 15 is 4.39 Å². The zero-order chi connectivity index (χ0) is 38.1. The van der Waals surface area contributed by atoms with E-state index in [2.05, 4.69) is 89.5 Å². The van der Waals surface area contributed by atoms with Crippen molar-refractivity contribution in [1.29, 1.82) is 0 Å². The van der Waals surface area contributed by atoms with Crippen molar-refractivity contribution in [2.45, 2.75) is 11.6 Å². The summed E-state index contributed by atoms with van der Waals surface area (Å²) < 4.78 is 27.8. The van der Waals surface area contributed by atoms with Crippen LogP contribution in [-0.2, 0) is 32.9 Å². The van der Waals surface area contributed by atoms with Crippen molar-refractivity contribution in [1.82, 2.24) is 19.1 Å². The zero-order valence-corrected chi connectivity index (χ0v) is 32.8. The number of hydrogen-bond acceptors (Lipinski definition) is 3. The number of para-hydroxylation sites is 4. The third-order valence-corrected chi connectivity index (χ3v) is 11.4. The first-order valence-electron chi connectivity index (χ1n) is 19.0. The van der Waals surface area contributed by atoms with Crippen molar-refractivity contribution in [3.05, 3.63) is 222 Å². The van der Waals surface area contributed by atoms with Gasteiger partial charge in [-0.05, 0) is 35.4 Å². The quantitative estimate of drug-likeness (QED) is 0.124. The van der Waals surface area contributed by atoms with E-state index in [0.29, 0.717) is 22.5 Å². The second-order valence-corrected chi connectivity index (χ2v) is 14.5. The molecule has 1 unspecified atom stereocenters. The molecule has 5 nitrogen and oxygen atoms in total. The third kappa shape index (κ3) is 5.31. The van der Waals surface area contributed by atoms with E-state index in [1.807, 2.05) is 103 Å². The molecular weight excluding hydrogens is 810 g/mol. The number of hydrogen-bond donors (Lipinski definition) is 0. The SMILES string of the molecule is Cn1c(-c2[c-]c(C(F)c3[c-]c(-n4c5ccccc5c5c6c(cnc54)C(c4ccccc4)(c4ccccc4)c4ccccc4O6)ccc3)ccc2)nc2ccccc21.[Pd+2]. The van der Waals surface area contributed by atoms with Gasteiger partial charge in [0.25, 0.3) is 0 Å². The van der Waals surface area contributed by atoms with E-state index in [9.17, 15) is 0 Å². The zero-order valence-electron chi connectivity index (χ0n) is 31.2. The number of aromatic nitrogens is 4. The number of rotatable bonds is 6. The number of benzene rings is 7. The fraction of sp³-hybridized carbons (Fsp3) is 0.0588. The minimum Gasteiger partial charge on any atom is -0.456 e. The molecule has 10 aromatic rings. The Bertz CT molecular complexity index is 3120. The maximum atomic E-state index is 16.8. The van der Waals surface area contributed by atoms with Gasteiger partial charge in [-0.3, -0.25) is 4.98 Å². The molecule has 3 aromatic heterocycles. The Balaban J connectivity index is 0.00000408. The van der Waals surface area contributed by atoms with Crippen LogP contribution in [0.4, 0.5) is 4.39 Å². The molecule has 7 aromatic carbocycles. The first-order chi connectivity index (χ1) is 28.1. The summed E-state index contributed by atoms with van der Waals surface area (Å²) in [6, 6.07) is 63.6. The number of nitrogens with zero attached hydrogens (tertiary/aromatic N) is 4. The summed E-state index contributed by atoms with van der Waals surface area (Å²) in [5.74, 6) is 2.26. The molecule has 0 saturated heterocycles. The van der Waals surface area contributed by atoms with Crippen LogP contribution in [0.5, 0.6) is 11.5 Å². The van der Waals surface area contributed by atoms with Crippen LogP contribution in [-0.4, -0.2) is 19.1 Å². The molecule has 7 heteroatoms. The van der Waals surface area contributed by atoms with Crippen molar-refractivity contribution in [3.8, 4) is 28.6 Å². The van der Waals surface area contributed by atoms with Crippen LogP contribution in [0.3, 0.4) is 0 Å². The average Bonchev–Trinajstić information content (AvgIpc) is 3.81. The number of fused-ring (bicyclic) bond motifs is 7. The molecule has 1 aliphatic rings. The van der Waals surface area contributed by atoms with Crippen LogP contribution in [0, 0.1) is 12.1 Å². The Morgan fingerprint density at radius 3 is 2.03 bits per heavy atom. The molecule has 4 heterocycles. The Kier molecular flexibility index (Phi) is 8.67. The summed E-state index contributed by atoms with van der Waals surface area (Å²) in [5, 5.41) is 1.86. The van der Waals surface area contributed by atoms with Crippen molar-refractivity contribution in [3.63, 3.8) is 0 Å². The molecular formula is C51H33FN4OPd. The van der Waals surface area contributed by atoms with Gasteiger partial charge in [0.15, 0.2) is 0 Å². The average molecular weight is 843 g/mol. The molecule has 1 aliphatic heterocycles. The van der Waals surface area contributed by atoms with E-state index in [1.54, 1.807) is 12.1 Å². The van der Waals surface area contributed by atoms with Gasteiger partial charge in [-0.1, -0.05) is 120 Å². The van der Waals surface area contributed by atoms with Gasteiger partial charge >= 0.3 is 20.4 Å². The van der Waals surface area contributed by atoms with Crippen molar-refractivity contribution in [2.75, 3.05) is 0 Å². The summed E-state index contributed by atoms with van der Waals surface area (Å²) in [5.41, 5.74) is 9.23. The Morgan fingerprint density at radius 1 is 0.638 bits per heavy atom. The van der Waals surface area contributed by atoms with Crippen LogP contribution in [0.1, 0.15) is 39.6 Å². The van der Waals surface area contributed by atoms with Gasteiger partial charge in [-0.25, -0.2) is 9.37 Å². The standard InChI is InChI=1S/C51H33FN4O.Pd/c1-55-44-28-12-10-26-42(44)54-49(55)35-18-14-16-33(30-35)47(52)34-17-15-23-38(31-34)56-43-27-11-8-24-39(43)46-48-41(32-53-50(46)56)51(36-19-4-2-5-20-36,37-21-6-3-7-22-37)40-25-9-13-29-45(40)57-48;/h2-29,32,47H,1H3;/q-2;+2. The minimum atomic E-state index is -1.48. The Hall–Kier alpha value is -6.65. The summed E-state index contributed by atoms with van der Waals surface area (Å²) in [4.78, 5) is 10.1. The van der Waals surface area contributed by atoms with Gasteiger partial charge < -0.3 is 13.9 Å². The number of imidazole rings is 1. The Morgan fingerprint density at radius 2 is 1.28 bits per heavy atom. The van der Waals surface area contributed by atoms with Crippen LogP contribution in [0.15, 0.2) is 176 Å². The second kappa shape index (κ2) is 14.1. The number of halogens is 1. The molecule has 0 saturated carbocycles. The van der Waals surface area contributed by atoms with Crippen LogP contribution < -0.4 is 4.74 Å². The monoisotopic (exact) mass is 842 g/mol. The number of pyridine rings is 1. The van der Waals surface area contributed by atoms with E-state index in [1.165, 1.54) is 0 Å². The molecule has 0 bridgehead atoms. The minimum absolute atomic E-state index is 0. The Labute approximate surface area is 348 Å². The molecule has 0 radical (unpaired) electrons. The largest absolute Gasteiger partial charge is 2.00 e. The maximum Gasteiger partial charge on any atom is 2.00 e. The molecule has 0 aliphatic carbocycles. The molecule has 1 atom stereocenters. The van der Waals surface area contributed by atoms with Gasteiger partial charge in [0.2, 0.25) is 0 Å². The molecule has 0 fully saturated rings. The smallest absolute Gasteiger partial charge is 0.456 e. The van der Waals surface area contributed by atoms with E-state index in [0.717, 1.165) is 72.5 Å². The first-order valence-corrected chi connectivity index (χ1v) is 19.0. The fourth-order valence-corrected chi connectivity index (χ4v) is 8.87. The predicted molar refractivity (Wildman–Crippen MR) is 224 cm³/mol. The molecule has 0 amide bonds. The first kappa shape index (κ1) is 35.7. The second-order valence-electron chi connectivity index (χ2n) is 14.5. The molecule has 0 spiro atoms. The predicted octanol–water partition coefficient (Wildman–Crippen LogP) is 11.9. The van der Waals surface area contributed by atoms with Gasteiger partial charge in [0, 0.05) is 29.8 Å².